The van der Waals surface area contributed by atoms with Crippen LogP contribution < -0.4 is 9.47 Å². The molecule has 2 heterocycles. The van der Waals surface area contributed by atoms with Crippen molar-refractivity contribution in [1.82, 2.24) is 0 Å². The van der Waals surface area contributed by atoms with Crippen molar-refractivity contribution in [1.29, 1.82) is 0 Å². The fourth-order valence-electron chi connectivity index (χ4n) is 2.73. The monoisotopic (exact) mass is 335 g/mol. The number of ether oxygens (including phenoxy) is 3. The van der Waals surface area contributed by atoms with Crippen LogP contribution in [0, 0.1) is 6.92 Å². The van der Waals surface area contributed by atoms with Crippen LogP contribution in [-0.4, -0.2) is 18.7 Å². The predicted octanol–water partition coefficient (Wildman–Crippen LogP) is 3.65. The molecule has 0 radical (unpaired) electrons. The zero-order valence-electron chi connectivity index (χ0n) is 13.8. The molecule has 5 nitrogen and oxygen atoms in total. The van der Waals surface area contributed by atoms with Crippen molar-refractivity contribution in [2.24, 2.45) is 4.99 Å². The van der Waals surface area contributed by atoms with Crippen molar-refractivity contribution >= 4 is 17.9 Å². The first kappa shape index (κ1) is 15.4. The number of rotatable bonds is 4. The van der Waals surface area contributed by atoms with E-state index in [9.17, 15) is 4.79 Å². The number of cyclic esters (lactones) is 1. The van der Waals surface area contributed by atoms with Gasteiger partial charge in [0.25, 0.3) is 0 Å². The number of aryl methyl sites for hydroxylation is 2. The second-order valence-electron chi connectivity index (χ2n) is 6.02. The zero-order chi connectivity index (χ0) is 17.2. The fraction of sp³-hybridized carbons (Fsp3) is 0.200. The molecule has 0 fully saturated rings. The van der Waals surface area contributed by atoms with Gasteiger partial charge in [0.2, 0.25) is 6.79 Å². The number of carbonyl (C=O) groups excluding carboxylic acids is 1. The molecule has 2 aliphatic heterocycles. The number of hydrogen-bond donors (Lipinski definition) is 0. The summed E-state index contributed by atoms with van der Waals surface area (Å²) in [5, 5.41) is 0. The maximum atomic E-state index is 12.0. The van der Waals surface area contributed by atoms with Crippen LogP contribution in [0.15, 0.2) is 53.2 Å². The van der Waals surface area contributed by atoms with E-state index >= 15 is 0 Å². The van der Waals surface area contributed by atoms with Crippen molar-refractivity contribution in [3.8, 4) is 11.5 Å². The highest BCUT2D eigenvalue weighted by Gasteiger charge is 2.23. The third-order valence-electron chi connectivity index (χ3n) is 4.11. The van der Waals surface area contributed by atoms with Crippen LogP contribution in [0.3, 0.4) is 0 Å². The topological polar surface area (TPSA) is 57.1 Å². The Morgan fingerprint density at radius 1 is 1.04 bits per heavy atom. The SMILES string of the molecule is Cc1ccc(CCC2=N/C(=C/c3ccc4c(c3)OCO4)C(=O)O2)cc1. The Morgan fingerprint density at radius 3 is 2.68 bits per heavy atom. The van der Waals surface area contributed by atoms with E-state index in [0.717, 1.165) is 12.0 Å². The summed E-state index contributed by atoms with van der Waals surface area (Å²) in [5.74, 6) is 1.41. The van der Waals surface area contributed by atoms with E-state index in [-0.39, 0.29) is 6.79 Å². The van der Waals surface area contributed by atoms with Crippen molar-refractivity contribution in [3.63, 3.8) is 0 Å². The minimum atomic E-state index is -0.420. The Kier molecular flexibility index (Phi) is 3.98. The number of carbonyl (C=O) groups is 1. The van der Waals surface area contributed by atoms with Gasteiger partial charge in [-0.1, -0.05) is 35.9 Å². The first-order chi connectivity index (χ1) is 12.2. The third-order valence-corrected chi connectivity index (χ3v) is 4.11. The Hall–Kier alpha value is -3.08. The van der Waals surface area contributed by atoms with Gasteiger partial charge < -0.3 is 14.2 Å². The Balaban J connectivity index is 1.47. The number of esters is 1. The van der Waals surface area contributed by atoms with Crippen LogP contribution in [0.5, 0.6) is 11.5 Å². The lowest BCUT2D eigenvalue weighted by molar-refractivity contribution is -0.130. The highest BCUT2D eigenvalue weighted by atomic mass is 16.7. The molecule has 0 saturated carbocycles. The normalized spacial score (nSPS) is 16.9. The molecule has 0 spiro atoms. The molecule has 0 aliphatic carbocycles. The molecule has 0 N–H and O–H groups in total. The summed E-state index contributed by atoms with van der Waals surface area (Å²) in [7, 11) is 0. The summed E-state index contributed by atoms with van der Waals surface area (Å²) in [4.78, 5) is 16.3. The van der Waals surface area contributed by atoms with Crippen LogP contribution in [0.1, 0.15) is 23.1 Å². The molecule has 4 rings (SSSR count). The van der Waals surface area contributed by atoms with E-state index < -0.39 is 5.97 Å². The number of aliphatic imine (C=N–C) groups is 1. The molecule has 0 saturated heterocycles. The quantitative estimate of drug-likeness (QED) is 0.632. The lowest BCUT2D eigenvalue weighted by Gasteiger charge is -2.01. The highest BCUT2D eigenvalue weighted by molar-refractivity contribution is 6.07. The molecule has 2 aromatic carbocycles. The van der Waals surface area contributed by atoms with Crippen LogP contribution in [0.2, 0.25) is 0 Å². The van der Waals surface area contributed by atoms with E-state index in [2.05, 4.69) is 36.2 Å². The third kappa shape index (κ3) is 3.40. The summed E-state index contributed by atoms with van der Waals surface area (Å²) in [5.41, 5.74) is 3.54. The van der Waals surface area contributed by atoms with E-state index in [1.165, 1.54) is 11.1 Å². The Morgan fingerprint density at radius 2 is 1.84 bits per heavy atom. The molecular weight excluding hydrogens is 318 g/mol. The molecule has 0 aromatic heterocycles. The highest BCUT2D eigenvalue weighted by Crippen LogP contribution is 2.33. The molecule has 0 unspecified atom stereocenters. The Labute approximate surface area is 145 Å². The Bertz CT molecular complexity index is 881. The smallest absolute Gasteiger partial charge is 0.363 e. The molecule has 5 heteroatoms. The molecule has 126 valence electrons. The standard InChI is InChI=1S/C20H17NO4/c1-13-2-4-14(5-3-13)7-9-19-21-16(20(22)25-19)10-15-6-8-17-18(11-15)24-12-23-17/h2-6,8,10-11H,7,9,12H2,1H3/b16-10+. The van der Waals surface area contributed by atoms with Crippen molar-refractivity contribution in [2.45, 2.75) is 19.8 Å². The number of benzene rings is 2. The number of hydrogen-bond acceptors (Lipinski definition) is 5. The molecule has 0 amide bonds. The van der Waals surface area contributed by atoms with Gasteiger partial charge in [-0.05, 0) is 42.7 Å². The van der Waals surface area contributed by atoms with Gasteiger partial charge in [-0.3, -0.25) is 0 Å². The maximum absolute atomic E-state index is 12.0. The minimum Gasteiger partial charge on any atom is -0.454 e. The first-order valence-electron chi connectivity index (χ1n) is 8.14. The molecule has 0 atom stereocenters. The van der Waals surface area contributed by atoms with E-state index in [1.807, 2.05) is 18.2 Å². The minimum absolute atomic E-state index is 0.221. The largest absolute Gasteiger partial charge is 0.454 e. The van der Waals surface area contributed by atoms with Gasteiger partial charge in [0, 0.05) is 6.42 Å². The van der Waals surface area contributed by atoms with Crippen LogP contribution in [0.4, 0.5) is 0 Å². The van der Waals surface area contributed by atoms with Gasteiger partial charge in [-0.2, -0.15) is 0 Å². The predicted molar refractivity (Wildman–Crippen MR) is 93.6 cm³/mol. The van der Waals surface area contributed by atoms with Gasteiger partial charge in [0.15, 0.2) is 23.1 Å². The lowest BCUT2D eigenvalue weighted by atomic mass is 10.1. The molecule has 25 heavy (non-hydrogen) atoms. The molecule has 2 aliphatic rings. The summed E-state index contributed by atoms with van der Waals surface area (Å²) < 4.78 is 15.9. The summed E-state index contributed by atoms with van der Waals surface area (Å²) in [6.45, 7) is 2.28. The van der Waals surface area contributed by atoms with E-state index in [1.54, 1.807) is 6.08 Å². The first-order valence-corrected chi connectivity index (χ1v) is 8.14. The van der Waals surface area contributed by atoms with E-state index in [0.29, 0.717) is 29.5 Å². The molecule has 0 bridgehead atoms. The van der Waals surface area contributed by atoms with Crippen molar-refractivity contribution < 1.29 is 19.0 Å². The van der Waals surface area contributed by atoms with Gasteiger partial charge in [-0.25, -0.2) is 9.79 Å². The van der Waals surface area contributed by atoms with Crippen LogP contribution in [-0.2, 0) is 16.0 Å². The summed E-state index contributed by atoms with van der Waals surface area (Å²) >= 11 is 0. The summed E-state index contributed by atoms with van der Waals surface area (Å²) in [6, 6.07) is 13.8. The number of fused-ring (bicyclic) bond motifs is 1. The molecule has 2 aromatic rings. The van der Waals surface area contributed by atoms with Crippen molar-refractivity contribution in [2.75, 3.05) is 6.79 Å². The lowest BCUT2D eigenvalue weighted by Crippen LogP contribution is -2.05. The average molecular weight is 335 g/mol. The number of nitrogens with zero attached hydrogens (tertiary/aromatic N) is 1. The van der Waals surface area contributed by atoms with Gasteiger partial charge in [-0.15, -0.1) is 0 Å². The van der Waals surface area contributed by atoms with Gasteiger partial charge >= 0.3 is 5.97 Å². The van der Waals surface area contributed by atoms with Crippen LogP contribution >= 0.6 is 0 Å². The second-order valence-corrected chi connectivity index (χ2v) is 6.02. The van der Waals surface area contributed by atoms with Gasteiger partial charge in [0.05, 0.1) is 0 Å². The maximum Gasteiger partial charge on any atom is 0.363 e. The van der Waals surface area contributed by atoms with Crippen molar-refractivity contribution in [3.05, 3.63) is 64.9 Å². The van der Waals surface area contributed by atoms with Crippen LogP contribution in [0.25, 0.3) is 6.08 Å². The van der Waals surface area contributed by atoms with Gasteiger partial charge in [0.1, 0.15) is 0 Å². The zero-order valence-corrected chi connectivity index (χ0v) is 13.8. The second kappa shape index (κ2) is 6.43. The fourth-order valence-corrected chi connectivity index (χ4v) is 2.73. The average Bonchev–Trinajstić information content (AvgIpc) is 3.21. The van der Waals surface area contributed by atoms with E-state index in [4.69, 9.17) is 14.2 Å². The molecular formula is C20H17NO4. The summed E-state index contributed by atoms with van der Waals surface area (Å²) in [6.07, 6.45) is 3.07.